The molecule has 0 aliphatic carbocycles. The van der Waals surface area contributed by atoms with E-state index in [9.17, 15) is 0 Å². The van der Waals surface area contributed by atoms with E-state index in [0.29, 0.717) is 0 Å². The van der Waals surface area contributed by atoms with Gasteiger partial charge in [0.2, 0.25) is 0 Å². The number of hydrogen-bond donors (Lipinski definition) is 1. The third-order valence-electron chi connectivity index (χ3n) is 2.35. The average molecular weight is 235 g/mol. The summed E-state index contributed by atoms with van der Waals surface area (Å²) in [6, 6.07) is 8.19. The van der Waals surface area contributed by atoms with Gasteiger partial charge in [-0.3, -0.25) is 0 Å². The van der Waals surface area contributed by atoms with Crippen LogP contribution in [0, 0.1) is 0 Å². The van der Waals surface area contributed by atoms with Gasteiger partial charge in [0.05, 0.1) is 5.49 Å². The second-order valence-electron chi connectivity index (χ2n) is 3.44. The van der Waals surface area contributed by atoms with E-state index in [1.165, 1.54) is 5.56 Å². The first-order valence-corrected chi connectivity index (χ1v) is 5.59. The molecule has 1 heterocycles. The van der Waals surface area contributed by atoms with Crippen molar-refractivity contribution < 1.29 is 9.47 Å². The summed E-state index contributed by atoms with van der Waals surface area (Å²) in [5.41, 5.74) is 3.83. The van der Waals surface area contributed by atoms with Crippen LogP contribution in [-0.4, -0.2) is 12.0 Å². The molecule has 1 aliphatic heterocycles. The summed E-state index contributed by atoms with van der Waals surface area (Å²) >= 11 is 4.68. The predicted molar refractivity (Wildman–Crippen MR) is 65.9 cm³/mol. The summed E-state index contributed by atoms with van der Waals surface area (Å²) in [6.45, 7) is 0.862. The normalized spacial score (nSPS) is 14.2. The number of rotatable bonds is 5. The molecule has 4 heteroatoms. The zero-order valence-corrected chi connectivity index (χ0v) is 9.57. The van der Waals surface area contributed by atoms with Crippen molar-refractivity contribution >= 4 is 17.7 Å². The summed E-state index contributed by atoms with van der Waals surface area (Å²) in [5, 5.41) is 3.00. The molecule has 0 aromatic heterocycles. The Bertz CT molecular complexity index is 367. The third kappa shape index (κ3) is 2.73. The Balaban J connectivity index is 1.91. The van der Waals surface area contributed by atoms with Crippen molar-refractivity contribution in [3.63, 3.8) is 0 Å². The standard InChI is InChI=1S/C12H13NO2S/c16-9-13-6-5-10-1-3-11(4-2-10)12-14-7-8-15-12/h1-4,7-9,12H,5-6H2,(H,13,16). The van der Waals surface area contributed by atoms with Crippen molar-refractivity contribution in [3.05, 3.63) is 47.9 Å². The maximum atomic E-state index is 5.24. The fraction of sp³-hybridized carbons (Fsp3) is 0.250. The SMILES string of the molecule is S=CNCCc1ccc(C2OC=CO2)cc1. The Labute approximate surface area is 100 Å². The zero-order valence-electron chi connectivity index (χ0n) is 8.76. The molecule has 0 saturated heterocycles. The van der Waals surface area contributed by atoms with Crippen molar-refractivity contribution in [3.8, 4) is 0 Å². The first-order chi connectivity index (χ1) is 7.90. The highest BCUT2D eigenvalue weighted by Crippen LogP contribution is 2.23. The van der Waals surface area contributed by atoms with Gasteiger partial charge in [-0.2, -0.15) is 0 Å². The molecule has 1 N–H and O–H groups in total. The van der Waals surface area contributed by atoms with Crippen molar-refractivity contribution in [2.24, 2.45) is 0 Å². The molecule has 1 aromatic carbocycles. The molecule has 0 spiro atoms. The molecule has 1 aliphatic rings. The lowest BCUT2D eigenvalue weighted by Gasteiger charge is -2.10. The fourth-order valence-corrected chi connectivity index (χ4v) is 1.63. The lowest BCUT2D eigenvalue weighted by atomic mass is 10.1. The van der Waals surface area contributed by atoms with Crippen LogP contribution in [0.2, 0.25) is 0 Å². The molecule has 2 rings (SSSR count). The monoisotopic (exact) mass is 235 g/mol. The van der Waals surface area contributed by atoms with Crippen molar-refractivity contribution in [1.29, 1.82) is 0 Å². The number of hydrogen-bond acceptors (Lipinski definition) is 3. The van der Waals surface area contributed by atoms with Crippen molar-refractivity contribution in [2.75, 3.05) is 6.54 Å². The van der Waals surface area contributed by atoms with E-state index in [4.69, 9.17) is 9.47 Å². The van der Waals surface area contributed by atoms with Crippen LogP contribution in [0.5, 0.6) is 0 Å². The molecule has 0 radical (unpaired) electrons. The van der Waals surface area contributed by atoms with Gasteiger partial charge in [-0.1, -0.05) is 36.5 Å². The van der Waals surface area contributed by atoms with Crippen LogP contribution in [0.25, 0.3) is 0 Å². The van der Waals surface area contributed by atoms with Gasteiger partial charge in [-0.05, 0) is 12.0 Å². The predicted octanol–water partition coefficient (Wildman–Crippen LogP) is 2.29. The molecule has 0 unspecified atom stereocenters. The highest BCUT2D eigenvalue weighted by Gasteiger charge is 2.14. The van der Waals surface area contributed by atoms with Gasteiger partial charge in [-0.25, -0.2) is 0 Å². The minimum absolute atomic E-state index is 0.284. The second-order valence-corrected chi connectivity index (χ2v) is 3.68. The molecular weight excluding hydrogens is 222 g/mol. The quantitative estimate of drug-likeness (QED) is 0.626. The van der Waals surface area contributed by atoms with Gasteiger partial charge in [0.15, 0.2) is 0 Å². The summed E-state index contributed by atoms with van der Waals surface area (Å²) in [5.74, 6) is 0. The fourth-order valence-electron chi connectivity index (χ4n) is 1.51. The first kappa shape index (κ1) is 11.0. The first-order valence-electron chi connectivity index (χ1n) is 5.12. The minimum Gasteiger partial charge on any atom is -0.455 e. The number of benzene rings is 1. The topological polar surface area (TPSA) is 30.5 Å². The molecule has 84 valence electrons. The molecule has 0 saturated carbocycles. The Kier molecular flexibility index (Phi) is 3.77. The summed E-state index contributed by atoms with van der Waals surface area (Å²) in [4.78, 5) is 0. The van der Waals surface area contributed by atoms with Gasteiger partial charge in [-0.15, -0.1) is 0 Å². The van der Waals surface area contributed by atoms with Crippen molar-refractivity contribution in [2.45, 2.75) is 12.7 Å². The highest BCUT2D eigenvalue weighted by atomic mass is 32.1. The Morgan fingerprint density at radius 3 is 2.50 bits per heavy atom. The molecule has 0 amide bonds. The van der Waals surface area contributed by atoms with E-state index in [1.807, 2.05) is 12.1 Å². The van der Waals surface area contributed by atoms with Crippen LogP contribution in [0.1, 0.15) is 17.4 Å². The Morgan fingerprint density at radius 1 is 1.19 bits per heavy atom. The smallest absolute Gasteiger partial charge is 0.266 e. The van der Waals surface area contributed by atoms with Gasteiger partial charge in [0.25, 0.3) is 6.29 Å². The van der Waals surface area contributed by atoms with Crippen molar-refractivity contribution in [1.82, 2.24) is 5.32 Å². The molecular formula is C12H13NO2S. The lowest BCUT2D eigenvalue weighted by molar-refractivity contribution is -0.0246. The maximum Gasteiger partial charge on any atom is 0.266 e. The van der Waals surface area contributed by atoms with Crippen LogP contribution in [0.15, 0.2) is 36.8 Å². The molecule has 16 heavy (non-hydrogen) atoms. The molecule has 0 bridgehead atoms. The Hall–Kier alpha value is -1.55. The largest absolute Gasteiger partial charge is 0.455 e. The molecule has 0 atom stereocenters. The maximum absolute atomic E-state index is 5.24. The van der Waals surface area contributed by atoms with Crippen LogP contribution >= 0.6 is 12.2 Å². The number of ether oxygens (including phenoxy) is 2. The summed E-state index contributed by atoms with van der Waals surface area (Å²) in [7, 11) is 0. The van der Waals surface area contributed by atoms with E-state index in [1.54, 1.807) is 18.0 Å². The summed E-state index contributed by atoms with van der Waals surface area (Å²) in [6.07, 6.45) is 3.79. The second kappa shape index (κ2) is 5.51. The number of nitrogens with one attached hydrogen (secondary N) is 1. The van der Waals surface area contributed by atoms with E-state index >= 15 is 0 Å². The van der Waals surface area contributed by atoms with E-state index in [0.717, 1.165) is 18.5 Å². The van der Waals surface area contributed by atoms with Crippen LogP contribution in [-0.2, 0) is 15.9 Å². The molecule has 0 fully saturated rings. The molecule has 3 nitrogen and oxygen atoms in total. The van der Waals surface area contributed by atoms with E-state index < -0.39 is 0 Å². The lowest BCUT2D eigenvalue weighted by Crippen LogP contribution is -2.13. The minimum atomic E-state index is -0.284. The van der Waals surface area contributed by atoms with Crippen LogP contribution < -0.4 is 5.32 Å². The van der Waals surface area contributed by atoms with E-state index in [2.05, 4.69) is 29.7 Å². The molecule has 1 aromatic rings. The highest BCUT2D eigenvalue weighted by molar-refractivity contribution is 7.78. The van der Waals surface area contributed by atoms with Gasteiger partial charge in [0.1, 0.15) is 12.5 Å². The summed E-state index contributed by atoms with van der Waals surface area (Å²) < 4.78 is 10.5. The van der Waals surface area contributed by atoms with Gasteiger partial charge < -0.3 is 14.8 Å². The Morgan fingerprint density at radius 2 is 1.88 bits per heavy atom. The number of thiocarbonyl (C=S) groups is 1. The van der Waals surface area contributed by atoms with Gasteiger partial charge in [0, 0.05) is 12.1 Å². The third-order valence-corrected chi connectivity index (χ3v) is 2.52. The van der Waals surface area contributed by atoms with Crippen LogP contribution in [0.4, 0.5) is 0 Å². The zero-order chi connectivity index (χ0) is 11.2. The van der Waals surface area contributed by atoms with Gasteiger partial charge >= 0.3 is 0 Å². The van der Waals surface area contributed by atoms with Crippen LogP contribution in [0.3, 0.4) is 0 Å². The average Bonchev–Trinajstić information content (AvgIpc) is 2.84. The van der Waals surface area contributed by atoms with E-state index in [-0.39, 0.29) is 6.29 Å².